The van der Waals surface area contributed by atoms with Gasteiger partial charge in [-0.15, -0.1) is 24.0 Å². The second-order valence-corrected chi connectivity index (χ2v) is 8.92. The molecule has 1 heterocycles. The third-order valence-corrected chi connectivity index (χ3v) is 6.53. The standard InChI is InChI=1S/C26H35N5O.HI/c1-27-26(30-23-13-15-31(16-14-23)19-20-7-3-2-4-8-20)28-18-21-9-5-12-24(17-21)29-25(32)22-10-6-11-22;/h2-5,7-9,12,17,22-23H,6,10-11,13-16,18-19H2,1H3,(H,29,32)(H2,27,28,30);1H. The first-order valence-electron chi connectivity index (χ1n) is 11.8. The van der Waals surface area contributed by atoms with Gasteiger partial charge in [-0.2, -0.15) is 0 Å². The maximum Gasteiger partial charge on any atom is 0.227 e. The van der Waals surface area contributed by atoms with Crippen molar-refractivity contribution in [2.45, 2.75) is 51.2 Å². The number of halogens is 1. The molecular weight excluding hydrogens is 525 g/mol. The number of aliphatic imine (C=N–C) groups is 1. The van der Waals surface area contributed by atoms with Crippen LogP contribution in [0.5, 0.6) is 0 Å². The minimum Gasteiger partial charge on any atom is -0.354 e. The highest BCUT2D eigenvalue weighted by atomic mass is 127. The lowest BCUT2D eigenvalue weighted by Crippen LogP contribution is -2.48. The molecule has 1 amide bonds. The van der Waals surface area contributed by atoms with Gasteiger partial charge in [0.15, 0.2) is 5.96 Å². The monoisotopic (exact) mass is 561 g/mol. The van der Waals surface area contributed by atoms with Crippen LogP contribution in [-0.4, -0.2) is 42.9 Å². The van der Waals surface area contributed by atoms with Gasteiger partial charge in [0.25, 0.3) is 0 Å². The summed E-state index contributed by atoms with van der Waals surface area (Å²) in [6, 6.07) is 19.2. The molecule has 3 N–H and O–H groups in total. The number of guanidine groups is 1. The number of benzene rings is 2. The summed E-state index contributed by atoms with van der Waals surface area (Å²) in [7, 11) is 1.81. The van der Waals surface area contributed by atoms with E-state index < -0.39 is 0 Å². The van der Waals surface area contributed by atoms with Crippen molar-refractivity contribution in [3.63, 3.8) is 0 Å². The summed E-state index contributed by atoms with van der Waals surface area (Å²) in [5.41, 5.74) is 3.37. The molecule has 0 atom stereocenters. The van der Waals surface area contributed by atoms with Gasteiger partial charge in [0.05, 0.1) is 0 Å². The molecule has 2 aromatic carbocycles. The second kappa shape index (κ2) is 12.9. The van der Waals surface area contributed by atoms with Crippen molar-refractivity contribution < 1.29 is 4.79 Å². The highest BCUT2D eigenvalue weighted by molar-refractivity contribution is 14.0. The average molecular weight is 562 g/mol. The Balaban J connectivity index is 0.00000306. The molecule has 6 nitrogen and oxygen atoms in total. The van der Waals surface area contributed by atoms with E-state index in [0.717, 1.165) is 62.5 Å². The van der Waals surface area contributed by atoms with Gasteiger partial charge >= 0.3 is 0 Å². The van der Waals surface area contributed by atoms with Crippen LogP contribution in [0.4, 0.5) is 5.69 Å². The normalized spacial score (nSPS) is 17.5. The zero-order valence-corrected chi connectivity index (χ0v) is 21.8. The Morgan fingerprint density at radius 2 is 1.73 bits per heavy atom. The smallest absolute Gasteiger partial charge is 0.227 e. The Morgan fingerprint density at radius 1 is 1.00 bits per heavy atom. The Kier molecular flexibility index (Phi) is 9.99. The van der Waals surface area contributed by atoms with Crippen molar-refractivity contribution in [3.05, 3.63) is 65.7 Å². The van der Waals surface area contributed by atoms with Crippen molar-refractivity contribution >= 4 is 41.5 Å². The molecule has 2 fully saturated rings. The van der Waals surface area contributed by atoms with Crippen LogP contribution in [0.3, 0.4) is 0 Å². The first-order valence-corrected chi connectivity index (χ1v) is 11.8. The highest BCUT2D eigenvalue weighted by Gasteiger charge is 2.25. The summed E-state index contributed by atoms with van der Waals surface area (Å²) in [6.07, 6.45) is 5.41. The number of nitrogens with zero attached hydrogens (tertiary/aromatic N) is 2. The van der Waals surface area contributed by atoms with E-state index in [1.807, 2.05) is 25.2 Å². The van der Waals surface area contributed by atoms with Crippen LogP contribution >= 0.6 is 24.0 Å². The van der Waals surface area contributed by atoms with Crippen LogP contribution in [0.15, 0.2) is 59.6 Å². The maximum absolute atomic E-state index is 12.2. The van der Waals surface area contributed by atoms with E-state index in [-0.39, 0.29) is 35.8 Å². The number of hydrogen-bond acceptors (Lipinski definition) is 3. The number of anilines is 1. The lowest BCUT2D eigenvalue weighted by Gasteiger charge is -2.33. The van der Waals surface area contributed by atoms with Crippen LogP contribution in [-0.2, 0) is 17.9 Å². The number of carbonyl (C=O) groups excluding carboxylic acids is 1. The molecule has 1 aliphatic heterocycles. The number of nitrogens with one attached hydrogen (secondary N) is 3. The number of piperidine rings is 1. The summed E-state index contributed by atoms with van der Waals surface area (Å²) in [4.78, 5) is 19.1. The Bertz CT molecular complexity index is 908. The molecule has 33 heavy (non-hydrogen) atoms. The zero-order chi connectivity index (χ0) is 22.2. The predicted molar refractivity (Wildman–Crippen MR) is 146 cm³/mol. The molecule has 0 radical (unpaired) electrons. The lowest BCUT2D eigenvalue weighted by molar-refractivity contribution is -0.122. The lowest BCUT2D eigenvalue weighted by atomic mass is 9.85. The van der Waals surface area contributed by atoms with Gasteiger partial charge in [0, 0.05) is 50.9 Å². The predicted octanol–water partition coefficient (Wildman–Crippen LogP) is 4.37. The number of amides is 1. The molecule has 7 heteroatoms. The number of likely N-dealkylation sites (tertiary alicyclic amines) is 1. The van der Waals surface area contributed by atoms with Crippen molar-refractivity contribution in [2.75, 3.05) is 25.5 Å². The van der Waals surface area contributed by atoms with Crippen molar-refractivity contribution in [2.24, 2.45) is 10.9 Å². The topological polar surface area (TPSA) is 68.8 Å². The van der Waals surface area contributed by atoms with Crippen LogP contribution in [0.25, 0.3) is 0 Å². The summed E-state index contributed by atoms with van der Waals surface area (Å²) in [5, 5.41) is 10.1. The van der Waals surface area contributed by atoms with Crippen molar-refractivity contribution in [1.82, 2.24) is 15.5 Å². The molecule has 1 saturated carbocycles. The first kappa shape index (κ1) is 25.5. The van der Waals surface area contributed by atoms with Gasteiger partial charge in [-0.05, 0) is 48.9 Å². The summed E-state index contributed by atoms with van der Waals surface area (Å²) >= 11 is 0. The van der Waals surface area contributed by atoms with E-state index in [1.54, 1.807) is 0 Å². The third-order valence-electron chi connectivity index (χ3n) is 6.53. The van der Waals surface area contributed by atoms with E-state index in [4.69, 9.17) is 0 Å². The molecule has 4 rings (SSSR count). The quantitative estimate of drug-likeness (QED) is 0.267. The minimum atomic E-state index is 0. The molecule has 1 saturated heterocycles. The fraction of sp³-hybridized carbons (Fsp3) is 0.462. The van der Waals surface area contributed by atoms with E-state index >= 15 is 0 Å². The van der Waals surface area contributed by atoms with Gasteiger partial charge in [-0.3, -0.25) is 14.7 Å². The van der Waals surface area contributed by atoms with Gasteiger partial charge < -0.3 is 16.0 Å². The first-order chi connectivity index (χ1) is 15.7. The number of hydrogen-bond donors (Lipinski definition) is 3. The molecule has 2 aromatic rings. The van der Waals surface area contributed by atoms with E-state index in [2.05, 4.69) is 62.2 Å². The van der Waals surface area contributed by atoms with Crippen LogP contribution in [0.2, 0.25) is 0 Å². The third kappa shape index (κ3) is 7.71. The molecule has 0 spiro atoms. The van der Waals surface area contributed by atoms with E-state index in [9.17, 15) is 4.79 Å². The summed E-state index contributed by atoms with van der Waals surface area (Å²) in [5.74, 6) is 1.17. The minimum absolute atomic E-state index is 0. The molecule has 2 aliphatic rings. The van der Waals surface area contributed by atoms with Crippen LogP contribution < -0.4 is 16.0 Å². The Hall–Kier alpha value is -2.13. The van der Waals surface area contributed by atoms with Crippen LogP contribution in [0.1, 0.15) is 43.2 Å². The molecular formula is C26H36IN5O. The maximum atomic E-state index is 12.2. The average Bonchev–Trinajstić information content (AvgIpc) is 2.77. The summed E-state index contributed by atoms with van der Waals surface area (Å²) in [6.45, 7) is 3.87. The SMILES string of the molecule is CN=C(NCc1cccc(NC(=O)C2CCC2)c1)NC1CCN(Cc2ccccc2)CC1.I. The van der Waals surface area contributed by atoms with E-state index in [1.165, 1.54) is 12.0 Å². The summed E-state index contributed by atoms with van der Waals surface area (Å²) < 4.78 is 0. The van der Waals surface area contributed by atoms with Gasteiger partial charge in [-0.1, -0.05) is 48.9 Å². The van der Waals surface area contributed by atoms with Crippen molar-refractivity contribution in [3.8, 4) is 0 Å². The molecule has 0 bridgehead atoms. The molecule has 178 valence electrons. The fourth-order valence-electron chi connectivity index (χ4n) is 4.32. The number of carbonyl (C=O) groups is 1. The number of rotatable bonds is 7. The van der Waals surface area contributed by atoms with E-state index in [0.29, 0.717) is 12.6 Å². The highest BCUT2D eigenvalue weighted by Crippen LogP contribution is 2.27. The van der Waals surface area contributed by atoms with Gasteiger partial charge in [0.1, 0.15) is 0 Å². The molecule has 0 unspecified atom stereocenters. The van der Waals surface area contributed by atoms with Gasteiger partial charge in [-0.25, -0.2) is 0 Å². The molecule has 1 aliphatic carbocycles. The second-order valence-electron chi connectivity index (χ2n) is 8.92. The Morgan fingerprint density at radius 3 is 2.39 bits per heavy atom. The largest absolute Gasteiger partial charge is 0.354 e. The zero-order valence-electron chi connectivity index (χ0n) is 19.4. The fourth-order valence-corrected chi connectivity index (χ4v) is 4.32. The Labute approximate surface area is 214 Å². The van der Waals surface area contributed by atoms with Crippen molar-refractivity contribution in [1.29, 1.82) is 0 Å². The van der Waals surface area contributed by atoms with Crippen LogP contribution in [0, 0.1) is 5.92 Å². The van der Waals surface area contributed by atoms with Gasteiger partial charge in [0.2, 0.25) is 5.91 Å². The molecule has 0 aromatic heterocycles.